The van der Waals surface area contributed by atoms with E-state index < -0.39 is 6.17 Å². The Kier molecular flexibility index (Phi) is 6.50. The van der Waals surface area contributed by atoms with E-state index in [4.69, 9.17) is 14.4 Å². The van der Waals surface area contributed by atoms with Gasteiger partial charge in [-0.1, -0.05) is 152 Å². The Hall–Kier alpha value is -6.26. The normalized spacial score (nSPS) is 14.6. The van der Waals surface area contributed by atoms with Crippen molar-refractivity contribution in [3.05, 3.63) is 180 Å². The lowest BCUT2D eigenvalue weighted by Crippen LogP contribution is -2.36. The summed E-state index contributed by atoms with van der Waals surface area (Å²) in [6.45, 7) is 0. The molecule has 2 heterocycles. The number of fused-ring (bicyclic) bond motifs is 4. The highest BCUT2D eigenvalue weighted by molar-refractivity contribution is 6.22. The van der Waals surface area contributed by atoms with Gasteiger partial charge in [-0.05, 0) is 50.7 Å². The van der Waals surface area contributed by atoms with Crippen LogP contribution in [0.3, 0.4) is 0 Å². The number of rotatable bonds is 5. The number of benzene rings is 7. The second-order valence-corrected chi connectivity index (χ2v) is 11.8. The summed E-state index contributed by atoms with van der Waals surface area (Å²) in [5, 5.41) is 8.13. The molecule has 1 unspecified atom stereocenters. The third-order valence-corrected chi connectivity index (χ3v) is 8.97. The zero-order valence-corrected chi connectivity index (χ0v) is 25.5. The summed E-state index contributed by atoms with van der Waals surface area (Å²) < 4.78 is 6.24. The van der Waals surface area contributed by atoms with Crippen LogP contribution in [0.25, 0.3) is 55.0 Å². The van der Waals surface area contributed by atoms with Crippen LogP contribution in [0.1, 0.15) is 22.9 Å². The predicted octanol–water partition coefficient (Wildman–Crippen LogP) is 10.6. The Morgan fingerprint density at radius 3 is 1.74 bits per heavy atom. The molecule has 0 bridgehead atoms. The lowest BCUT2D eigenvalue weighted by Gasteiger charge is -2.23. The SMILES string of the molecule is c1ccc(C2=NC(c3ccc(-c4ccccc4)cc3)N=C(c3cccc4c(-c5cccc6oc7ccccc7c56)cccc34)N2)cc1. The zero-order valence-electron chi connectivity index (χ0n) is 25.5. The lowest BCUT2D eigenvalue weighted by atomic mass is 9.92. The van der Waals surface area contributed by atoms with Crippen molar-refractivity contribution in [3.8, 4) is 22.3 Å². The molecule has 1 atom stereocenters. The van der Waals surface area contributed by atoms with E-state index >= 15 is 0 Å². The van der Waals surface area contributed by atoms with Crippen molar-refractivity contribution in [1.29, 1.82) is 0 Å². The fourth-order valence-electron chi connectivity index (χ4n) is 6.71. The van der Waals surface area contributed by atoms with E-state index in [2.05, 4.69) is 127 Å². The Morgan fingerprint density at radius 1 is 0.404 bits per heavy atom. The molecule has 1 aliphatic rings. The van der Waals surface area contributed by atoms with Gasteiger partial charge in [-0.15, -0.1) is 0 Å². The maximum atomic E-state index is 6.24. The van der Waals surface area contributed by atoms with Gasteiger partial charge in [-0.2, -0.15) is 0 Å². The van der Waals surface area contributed by atoms with Crippen molar-refractivity contribution in [2.75, 3.05) is 0 Å². The highest BCUT2D eigenvalue weighted by Crippen LogP contribution is 2.40. The first-order chi connectivity index (χ1) is 23.3. The smallest absolute Gasteiger partial charge is 0.169 e. The standard InChI is InChI=1S/C43H29N3O/c1-3-12-28(13-4-1)29-24-26-31(27-25-29)42-44-41(30-14-5-2-6-15-30)45-43(46-42)36-21-10-17-32-33(18-9-19-34(32)36)35-20-11-23-39-40(35)37-16-7-8-22-38(37)47-39/h1-27,42H,(H,44,45,46). The van der Waals surface area contributed by atoms with Crippen LogP contribution in [0.5, 0.6) is 0 Å². The highest BCUT2D eigenvalue weighted by Gasteiger charge is 2.23. The molecule has 8 aromatic rings. The summed E-state index contributed by atoms with van der Waals surface area (Å²) in [5.74, 6) is 1.60. The van der Waals surface area contributed by atoms with Crippen molar-refractivity contribution in [2.24, 2.45) is 9.98 Å². The minimum Gasteiger partial charge on any atom is -0.456 e. The van der Waals surface area contributed by atoms with E-state index in [1.807, 2.05) is 42.5 Å². The number of nitrogens with zero attached hydrogens (tertiary/aromatic N) is 2. The molecule has 4 nitrogen and oxygen atoms in total. The van der Waals surface area contributed by atoms with E-state index in [0.29, 0.717) is 0 Å². The fraction of sp³-hybridized carbons (Fsp3) is 0.0233. The molecule has 0 fully saturated rings. The quantitative estimate of drug-likeness (QED) is 0.213. The Morgan fingerprint density at radius 2 is 0.957 bits per heavy atom. The van der Waals surface area contributed by atoms with Gasteiger partial charge in [-0.3, -0.25) is 0 Å². The van der Waals surface area contributed by atoms with Crippen LogP contribution in [0, 0.1) is 0 Å². The summed E-state index contributed by atoms with van der Waals surface area (Å²) in [6.07, 6.45) is -0.393. The molecule has 0 amide bonds. The molecule has 1 N–H and O–H groups in total. The van der Waals surface area contributed by atoms with E-state index in [1.54, 1.807) is 0 Å². The minimum atomic E-state index is -0.393. The van der Waals surface area contributed by atoms with Crippen LogP contribution in [0.15, 0.2) is 178 Å². The van der Waals surface area contributed by atoms with E-state index in [-0.39, 0.29) is 0 Å². The third kappa shape index (κ3) is 4.79. The van der Waals surface area contributed by atoms with Crippen molar-refractivity contribution in [1.82, 2.24) is 5.32 Å². The largest absolute Gasteiger partial charge is 0.456 e. The summed E-state index contributed by atoms with van der Waals surface area (Å²) >= 11 is 0. The van der Waals surface area contributed by atoms with Gasteiger partial charge in [-0.25, -0.2) is 9.98 Å². The Balaban J connectivity index is 1.18. The molecular formula is C43H29N3O. The third-order valence-electron chi connectivity index (χ3n) is 8.97. The molecule has 4 heteroatoms. The number of hydrogen-bond acceptors (Lipinski definition) is 4. The van der Waals surface area contributed by atoms with Crippen molar-refractivity contribution in [3.63, 3.8) is 0 Å². The average molecular weight is 604 g/mol. The van der Waals surface area contributed by atoms with Crippen LogP contribution < -0.4 is 5.32 Å². The molecule has 0 spiro atoms. The lowest BCUT2D eigenvalue weighted by molar-refractivity contribution is 0.669. The van der Waals surface area contributed by atoms with Crippen LogP contribution >= 0.6 is 0 Å². The highest BCUT2D eigenvalue weighted by atomic mass is 16.3. The second-order valence-electron chi connectivity index (χ2n) is 11.8. The molecule has 7 aromatic carbocycles. The number of furan rings is 1. The number of para-hydroxylation sites is 1. The van der Waals surface area contributed by atoms with Crippen LogP contribution in [-0.4, -0.2) is 11.7 Å². The molecule has 47 heavy (non-hydrogen) atoms. The summed E-state index contributed by atoms with van der Waals surface area (Å²) in [7, 11) is 0. The fourth-order valence-corrected chi connectivity index (χ4v) is 6.71. The molecule has 0 radical (unpaired) electrons. The monoisotopic (exact) mass is 603 g/mol. The van der Waals surface area contributed by atoms with Gasteiger partial charge in [0.05, 0.1) is 0 Å². The zero-order chi connectivity index (χ0) is 31.2. The number of amidine groups is 2. The van der Waals surface area contributed by atoms with E-state index in [9.17, 15) is 0 Å². The molecular weight excluding hydrogens is 574 g/mol. The average Bonchev–Trinajstić information content (AvgIpc) is 3.54. The van der Waals surface area contributed by atoms with Gasteiger partial charge in [0, 0.05) is 21.9 Å². The maximum Gasteiger partial charge on any atom is 0.169 e. The number of hydrogen-bond donors (Lipinski definition) is 1. The first kappa shape index (κ1) is 27.1. The molecule has 0 saturated heterocycles. The topological polar surface area (TPSA) is 49.9 Å². The molecule has 1 aliphatic heterocycles. The van der Waals surface area contributed by atoms with Gasteiger partial charge in [0.25, 0.3) is 0 Å². The molecule has 0 aliphatic carbocycles. The minimum absolute atomic E-state index is 0.393. The molecule has 1 aromatic heterocycles. The first-order valence-corrected chi connectivity index (χ1v) is 15.9. The van der Waals surface area contributed by atoms with Crippen molar-refractivity contribution >= 4 is 44.4 Å². The maximum absolute atomic E-state index is 6.24. The van der Waals surface area contributed by atoms with Crippen molar-refractivity contribution in [2.45, 2.75) is 6.17 Å². The Bertz CT molecular complexity index is 2480. The van der Waals surface area contributed by atoms with Crippen LogP contribution in [-0.2, 0) is 0 Å². The Labute approximate surface area is 272 Å². The van der Waals surface area contributed by atoms with Gasteiger partial charge in [0.1, 0.15) is 22.8 Å². The number of nitrogens with one attached hydrogen (secondary N) is 1. The predicted molar refractivity (Wildman–Crippen MR) is 194 cm³/mol. The van der Waals surface area contributed by atoms with Gasteiger partial charge in [0.15, 0.2) is 6.17 Å². The van der Waals surface area contributed by atoms with Crippen LogP contribution in [0.2, 0.25) is 0 Å². The number of aliphatic imine (C=N–C) groups is 2. The van der Waals surface area contributed by atoms with Gasteiger partial charge in [0.2, 0.25) is 0 Å². The van der Waals surface area contributed by atoms with Gasteiger partial charge >= 0.3 is 0 Å². The second kappa shape index (κ2) is 11.3. The van der Waals surface area contributed by atoms with Gasteiger partial charge < -0.3 is 9.73 Å². The molecule has 222 valence electrons. The molecule has 0 saturated carbocycles. The summed E-state index contributed by atoms with van der Waals surface area (Å²) in [6, 6.07) is 56.9. The molecule has 9 rings (SSSR count). The van der Waals surface area contributed by atoms with E-state index in [1.165, 1.54) is 11.1 Å². The van der Waals surface area contributed by atoms with Crippen molar-refractivity contribution < 1.29 is 4.42 Å². The summed E-state index contributed by atoms with van der Waals surface area (Å²) in [5.41, 5.74) is 9.53. The van der Waals surface area contributed by atoms with Crippen LogP contribution in [0.4, 0.5) is 0 Å². The van der Waals surface area contributed by atoms with E-state index in [0.717, 1.165) is 72.2 Å². The first-order valence-electron chi connectivity index (χ1n) is 15.9. The summed E-state index contributed by atoms with van der Waals surface area (Å²) in [4.78, 5) is 10.3.